The zero-order chi connectivity index (χ0) is 20.1. The van der Waals surface area contributed by atoms with Crippen LogP contribution in [0.15, 0.2) is 53.4 Å². The highest BCUT2D eigenvalue weighted by atomic mass is 35.5. The Kier molecular flexibility index (Phi) is 6.75. The fourth-order valence-electron chi connectivity index (χ4n) is 3.32. The number of amides is 1. The highest BCUT2D eigenvalue weighted by molar-refractivity contribution is 7.89. The normalized spacial score (nSPS) is 16.1. The molecule has 1 N–H and O–H groups in total. The van der Waals surface area contributed by atoms with Gasteiger partial charge in [-0.3, -0.25) is 4.79 Å². The number of hydrogen-bond acceptors (Lipinski definition) is 3. The molecular weight excluding hydrogens is 396 g/mol. The van der Waals surface area contributed by atoms with Crippen LogP contribution in [0, 0.1) is 0 Å². The van der Waals surface area contributed by atoms with E-state index in [1.807, 2.05) is 25.1 Å². The largest absolute Gasteiger partial charge is 0.350 e. The Bertz CT molecular complexity index is 926. The van der Waals surface area contributed by atoms with Crippen LogP contribution in [0.5, 0.6) is 0 Å². The Morgan fingerprint density at radius 1 is 1.14 bits per heavy atom. The minimum Gasteiger partial charge on any atom is -0.350 e. The van der Waals surface area contributed by atoms with Crippen LogP contribution in [0.25, 0.3) is 0 Å². The molecule has 7 heteroatoms. The zero-order valence-electron chi connectivity index (χ0n) is 15.9. The fourth-order valence-corrected chi connectivity index (χ4v) is 5.33. The van der Waals surface area contributed by atoms with Crippen LogP contribution in [-0.2, 0) is 16.4 Å². The van der Waals surface area contributed by atoms with Crippen molar-refractivity contribution in [2.24, 2.45) is 0 Å². The summed E-state index contributed by atoms with van der Waals surface area (Å²) in [7, 11) is -3.68. The Hall–Kier alpha value is -1.89. The van der Waals surface area contributed by atoms with Crippen LogP contribution in [0.2, 0.25) is 5.02 Å². The molecule has 0 bridgehead atoms. The van der Waals surface area contributed by atoms with Crippen molar-refractivity contribution >= 4 is 27.5 Å². The topological polar surface area (TPSA) is 66.5 Å². The molecule has 0 aliphatic carbocycles. The van der Waals surface area contributed by atoms with E-state index in [9.17, 15) is 13.2 Å². The van der Waals surface area contributed by atoms with Gasteiger partial charge in [0.05, 0.1) is 5.02 Å². The number of nitrogens with one attached hydrogen (secondary N) is 1. The second-order valence-electron chi connectivity index (χ2n) is 7.16. The monoisotopic (exact) mass is 420 g/mol. The lowest BCUT2D eigenvalue weighted by molar-refractivity contribution is 0.0938. The van der Waals surface area contributed by atoms with Gasteiger partial charge in [-0.2, -0.15) is 4.31 Å². The van der Waals surface area contributed by atoms with Crippen molar-refractivity contribution in [3.05, 3.63) is 64.7 Å². The third-order valence-corrected chi connectivity index (χ3v) is 7.34. The van der Waals surface area contributed by atoms with Crippen LogP contribution in [0.3, 0.4) is 0 Å². The molecule has 0 radical (unpaired) electrons. The van der Waals surface area contributed by atoms with E-state index in [2.05, 4.69) is 17.4 Å². The number of carbonyl (C=O) groups excluding carboxylic acids is 1. The maximum atomic E-state index is 12.8. The smallest absolute Gasteiger partial charge is 0.251 e. The first-order chi connectivity index (χ1) is 13.4. The van der Waals surface area contributed by atoms with Crippen molar-refractivity contribution in [3.63, 3.8) is 0 Å². The molecule has 28 heavy (non-hydrogen) atoms. The highest BCUT2D eigenvalue weighted by Crippen LogP contribution is 2.28. The molecule has 1 aliphatic rings. The summed E-state index contributed by atoms with van der Waals surface area (Å²) >= 11 is 6.15. The SMILES string of the molecule is C[C@@H](CCc1ccccc1)NC(=O)c1ccc(Cl)c(S(=O)(=O)N2CCCC2)c1. The van der Waals surface area contributed by atoms with Gasteiger partial charge in [-0.05, 0) is 56.4 Å². The van der Waals surface area contributed by atoms with Gasteiger partial charge in [-0.15, -0.1) is 0 Å². The van der Waals surface area contributed by atoms with Crippen LogP contribution >= 0.6 is 11.6 Å². The summed E-state index contributed by atoms with van der Waals surface area (Å²) < 4.78 is 27.1. The lowest BCUT2D eigenvalue weighted by Gasteiger charge is -2.18. The van der Waals surface area contributed by atoms with Crippen molar-refractivity contribution in [1.29, 1.82) is 0 Å². The maximum Gasteiger partial charge on any atom is 0.251 e. The summed E-state index contributed by atoms with van der Waals surface area (Å²) in [6.07, 6.45) is 3.34. The van der Waals surface area contributed by atoms with Crippen LogP contribution < -0.4 is 5.32 Å². The molecular formula is C21H25ClN2O3S. The number of rotatable bonds is 7. The van der Waals surface area contributed by atoms with Gasteiger partial charge < -0.3 is 5.32 Å². The first kappa shape index (κ1) is 20.8. The van der Waals surface area contributed by atoms with Gasteiger partial charge in [0, 0.05) is 24.7 Å². The molecule has 0 saturated carbocycles. The van der Waals surface area contributed by atoms with E-state index in [1.165, 1.54) is 22.0 Å². The van der Waals surface area contributed by atoms with Gasteiger partial charge in [-0.1, -0.05) is 41.9 Å². The van der Waals surface area contributed by atoms with Gasteiger partial charge in [0.2, 0.25) is 10.0 Å². The molecule has 0 spiro atoms. The number of benzene rings is 2. The fraction of sp³-hybridized carbons (Fsp3) is 0.381. The minimum atomic E-state index is -3.68. The van der Waals surface area contributed by atoms with Crippen molar-refractivity contribution < 1.29 is 13.2 Å². The van der Waals surface area contributed by atoms with E-state index < -0.39 is 10.0 Å². The number of halogens is 1. The van der Waals surface area contributed by atoms with Crippen LogP contribution in [0.4, 0.5) is 0 Å². The number of hydrogen-bond donors (Lipinski definition) is 1. The molecule has 5 nitrogen and oxygen atoms in total. The molecule has 3 rings (SSSR count). The number of nitrogens with zero attached hydrogens (tertiary/aromatic N) is 1. The number of sulfonamides is 1. The Balaban J connectivity index is 1.68. The predicted molar refractivity (Wildman–Crippen MR) is 111 cm³/mol. The maximum absolute atomic E-state index is 12.8. The Labute approximate surface area is 171 Å². The molecule has 1 heterocycles. The Morgan fingerprint density at radius 2 is 1.82 bits per heavy atom. The summed E-state index contributed by atoms with van der Waals surface area (Å²) in [5.41, 5.74) is 1.52. The third kappa shape index (κ3) is 4.93. The van der Waals surface area contributed by atoms with Gasteiger partial charge >= 0.3 is 0 Å². The summed E-state index contributed by atoms with van der Waals surface area (Å²) in [6.45, 7) is 2.93. The minimum absolute atomic E-state index is 0.000607. The third-order valence-electron chi connectivity index (χ3n) is 4.96. The molecule has 1 aliphatic heterocycles. The van der Waals surface area contributed by atoms with Crippen molar-refractivity contribution in [3.8, 4) is 0 Å². The van der Waals surface area contributed by atoms with E-state index in [0.717, 1.165) is 25.7 Å². The highest BCUT2D eigenvalue weighted by Gasteiger charge is 2.29. The average Bonchev–Trinajstić information content (AvgIpc) is 3.23. The molecule has 1 atom stereocenters. The average molecular weight is 421 g/mol. The molecule has 1 amide bonds. The predicted octanol–water partition coefficient (Wildman–Crippen LogP) is 3.88. The second kappa shape index (κ2) is 9.07. The van der Waals surface area contributed by atoms with Crippen molar-refractivity contribution in [2.75, 3.05) is 13.1 Å². The molecule has 2 aromatic carbocycles. The molecule has 0 unspecified atom stereocenters. The standard InChI is InChI=1S/C21H25ClN2O3S/c1-16(9-10-17-7-3-2-4-8-17)23-21(25)18-11-12-19(22)20(15-18)28(26,27)24-13-5-6-14-24/h2-4,7-8,11-12,15-16H,5-6,9-10,13-14H2,1H3,(H,23,25)/t16-/m0/s1. The Morgan fingerprint density at radius 3 is 2.50 bits per heavy atom. The molecule has 150 valence electrons. The van der Waals surface area contributed by atoms with Gasteiger partial charge in [0.25, 0.3) is 5.91 Å². The van der Waals surface area contributed by atoms with E-state index in [1.54, 1.807) is 6.07 Å². The van der Waals surface area contributed by atoms with Gasteiger partial charge in [0.15, 0.2) is 0 Å². The van der Waals surface area contributed by atoms with Crippen LogP contribution in [0.1, 0.15) is 42.1 Å². The first-order valence-electron chi connectivity index (χ1n) is 9.52. The lowest BCUT2D eigenvalue weighted by Crippen LogP contribution is -2.33. The van der Waals surface area contributed by atoms with Gasteiger partial charge in [-0.25, -0.2) is 8.42 Å². The van der Waals surface area contributed by atoms with E-state index in [4.69, 9.17) is 11.6 Å². The number of carbonyl (C=O) groups is 1. The van der Waals surface area contributed by atoms with E-state index >= 15 is 0 Å². The van der Waals surface area contributed by atoms with E-state index in [-0.39, 0.29) is 21.9 Å². The lowest BCUT2D eigenvalue weighted by atomic mass is 10.1. The first-order valence-corrected chi connectivity index (χ1v) is 11.3. The summed E-state index contributed by atoms with van der Waals surface area (Å²) in [5.74, 6) is -0.296. The summed E-state index contributed by atoms with van der Waals surface area (Å²) in [6, 6.07) is 14.5. The van der Waals surface area contributed by atoms with Crippen molar-refractivity contribution in [1.82, 2.24) is 9.62 Å². The molecule has 1 saturated heterocycles. The van der Waals surface area contributed by atoms with Crippen LogP contribution in [-0.4, -0.2) is 37.8 Å². The van der Waals surface area contributed by atoms with Gasteiger partial charge in [0.1, 0.15) is 4.90 Å². The molecule has 2 aromatic rings. The van der Waals surface area contributed by atoms with E-state index in [0.29, 0.717) is 18.7 Å². The summed E-state index contributed by atoms with van der Waals surface area (Å²) in [4.78, 5) is 12.6. The zero-order valence-corrected chi connectivity index (χ0v) is 17.5. The molecule has 0 aromatic heterocycles. The van der Waals surface area contributed by atoms with Crippen molar-refractivity contribution in [2.45, 2.75) is 43.5 Å². The quantitative estimate of drug-likeness (QED) is 0.739. The number of aryl methyl sites for hydroxylation is 1. The second-order valence-corrected chi connectivity index (χ2v) is 9.47. The molecule has 1 fully saturated rings. The summed E-state index contributed by atoms with van der Waals surface area (Å²) in [5, 5.41) is 3.08.